The van der Waals surface area contributed by atoms with E-state index in [0.717, 1.165) is 44.9 Å². The first-order chi connectivity index (χ1) is 34.0. The molecule has 13 heteroatoms. The van der Waals surface area contributed by atoms with Crippen LogP contribution in [-0.4, -0.2) is 95.4 Å². The second-order valence-corrected chi connectivity index (χ2v) is 21.3. The Labute approximate surface area is 428 Å². The van der Waals surface area contributed by atoms with Gasteiger partial charge in [0, 0.05) is 6.42 Å². The first-order valence-electron chi connectivity index (χ1n) is 28.9. The van der Waals surface area contributed by atoms with Crippen LogP contribution in [0.25, 0.3) is 0 Å². The van der Waals surface area contributed by atoms with Gasteiger partial charge >= 0.3 is 10.4 Å². The minimum absolute atomic E-state index is 0.263. The van der Waals surface area contributed by atoms with Gasteiger partial charge in [-0.15, -0.1) is 0 Å². The zero-order chi connectivity index (χ0) is 51.2. The maximum absolute atomic E-state index is 13.1. The topological polar surface area (TPSA) is 192 Å². The fourth-order valence-corrected chi connectivity index (χ4v) is 9.70. The summed E-state index contributed by atoms with van der Waals surface area (Å²) >= 11 is 0. The summed E-state index contributed by atoms with van der Waals surface area (Å²) in [7, 11) is -5.09. The van der Waals surface area contributed by atoms with E-state index in [1.165, 1.54) is 193 Å². The third kappa shape index (κ3) is 38.9. The van der Waals surface area contributed by atoms with Crippen molar-refractivity contribution in [2.45, 2.75) is 307 Å². The second kappa shape index (κ2) is 47.1. The maximum atomic E-state index is 13.1. The van der Waals surface area contributed by atoms with Gasteiger partial charge in [0.2, 0.25) is 5.91 Å². The number of carbonyl (C=O) groups is 1. The molecule has 0 aliphatic carbocycles. The number of nitrogens with one attached hydrogen (secondary N) is 1. The molecule has 7 unspecified atom stereocenters. The van der Waals surface area contributed by atoms with Crippen LogP contribution in [-0.2, 0) is 28.9 Å². The van der Waals surface area contributed by atoms with Crippen molar-refractivity contribution >= 4 is 16.3 Å². The van der Waals surface area contributed by atoms with E-state index in [1.807, 2.05) is 6.08 Å². The number of carbonyl (C=O) groups excluding carboxylic acids is 1. The fourth-order valence-electron chi connectivity index (χ4n) is 9.19. The minimum atomic E-state index is -5.09. The highest BCUT2D eigenvalue weighted by molar-refractivity contribution is 7.80. The third-order valence-electron chi connectivity index (χ3n) is 13.7. The quantitative estimate of drug-likeness (QED) is 0.0193. The van der Waals surface area contributed by atoms with Crippen molar-refractivity contribution in [2.75, 3.05) is 13.2 Å². The zero-order valence-corrected chi connectivity index (χ0v) is 45.4. The largest absolute Gasteiger partial charge is 0.397 e. The number of unbranched alkanes of at least 4 members (excludes halogenated alkanes) is 34. The van der Waals surface area contributed by atoms with Crippen LogP contribution in [0.3, 0.4) is 0 Å². The molecule has 0 spiro atoms. The van der Waals surface area contributed by atoms with Crippen LogP contribution >= 0.6 is 0 Å². The van der Waals surface area contributed by atoms with E-state index in [0.29, 0.717) is 6.42 Å². The Balaban J connectivity index is 2.35. The molecule has 1 fully saturated rings. The molecule has 6 N–H and O–H groups in total. The Morgan fingerprint density at radius 2 is 0.957 bits per heavy atom. The smallest absolute Gasteiger partial charge is 0.394 e. The molecule has 0 aromatic rings. The van der Waals surface area contributed by atoms with Crippen LogP contribution < -0.4 is 5.32 Å². The predicted molar refractivity (Wildman–Crippen MR) is 287 cm³/mol. The van der Waals surface area contributed by atoms with Crippen LogP contribution in [0.15, 0.2) is 36.5 Å². The molecule has 0 saturated carbocycles. The van der Waals surface area contributed by atoms with Gasteiger partial charge in [0.1, 0.15) is 24.4 Å². The molecule has 7 atom stereocenters. The standard InChI is InChI=1S/C57H107NO11S/c1-3-5-7-9-11-13-15-17-19-21-22-23-24-25-26-27-28-29-30-31-33-35-37-39-41-43-45-47-53(61)58-50(49-67-57-55(63)56(69-70(64,65)66)54(62)52(48-59)68-57)51(60)46-44-42-40-38-36-34-32-20-18-16-14-12-10-8-6-4-2/h22-23,25-26,44,46,50-52,54-57,59-60,62-63H,3-21,24,27-43,45,47-49H2,1-2H3,(H,58,61)(H,64,65,66)/b23-22-,26-25-,46-44+. The molecule has 1 aliphatic heterocycles. The molecule has 1 heterocycles. The van der Waals surface area contributed by atoms with Gasteiger partial charge in [0.05, 0.1) is 25.4 Å². The lowest BCUT2D eigenvalue weighted by molar-refractivity contribution is -0.298. The predicted octanol–water partition coefficient (Wildman–Crippen LogP) is 13.4. The third-order valence-corrected chi connectivity index (χ3v) is 14.1. The van der Waals surface area contributed by atoms with Crippen LogP contribution in [0, 0.1) is 0 Å². The molecule has 1 aliphatic rings. The lowest BCUT2D eigenvalue weighted by Gasteiger charge is -2.41. The summed E-state index contributed by atoms with van der Waals surface area (Å²) in [5, 5.41) is 44.9. The molecule has 1 rings (SSSR count). The van der Waals surface area contributed by atoms with Gasteiger partial charge in [-0.05, 0) is 51.4 Å². The number of amides is 1. The molecule has 70 heavy (non-hydrogen) atoms. The average Bonchev–Trinajstić information content (AvgIpc) is 3.33. The first kappa shape index (κ1) is 66.3. The van der Waals surface area contributed by atoms with Gasteiger partial charge in [-0.2, -0.15) is 8.42 Å². The van der Waals surface area contributed by atoms with E-state index < -0.39 is 59.9 Å². The second-order valence-electron chi connectivity index (χ2n) is 20.2. The zero-order valence-electron chi connectivity index (χ0n) is 44.6. The summed E-state index contributed by atoms with van der Waals surface area (Å²) in [5.74, 6) is -0.263. The van der Waals surface area contributed by atoms with E-state index >= 15 is 0 Å². The van der Waals surface area contributed by atoms with Crippen molar-refractivity contribution in [3.05, 3.63) is 36.5 Å². The van der Waals surface area contributed by atoms with Crippen molar-refractivity contribution < 1.29 is 51.8 Å². The number of aliphatic hydroxyl groups excluding tert-OH is 4. The molecule has 0 aromatic carbocycles. The van der Waals surface area contributed by atoms with Crippen LogP contribution in [0.2, 0.25) is 0 Å². The average molecular weight is 1010 g/mol. The van der Waals surface area contributed by atoms with Crippen LogP contribution in [0.4, 0.5) is 0 Å². The lowest BCUT2D eigenvalue weighted by Crippen LogP contribution is -2.61. The van der Waals surface area contributed by atoms with Gasteiger partial charge in [-0.3, -0.25) is 9.35 Å². The highest BCUT2D eigenvalue weighted by Gasteiger charge is 2.48. The number of rotatable bonds is 50. The van der Waals surface area contributed by atoms with Gasteiger partial charge in [-0.25, -0.2) is 4.18 Å². The SMILES string of the molecule is CCCCCCCCCCC/C=C\C/C=C\CCCCCCCCCCCCCC(=O)NC(COC1OC(CO)C(O)C(OS(=O)(=O)O)C1O)C(O)/C=C/CCCCCCCCCCCCCCCC. The van der Waals surface area contributed by atoms with E-state index in [1.54, 1.807) is 6.08 Å². The van der Waals surface area contributed by atoms with Crippen molar-refractivity contribution in [1.82, 2.24) is 5.32 Å². The molecule has 0 bridgehead atoms. The Morgan fingerprint density at radius 3 is 1.36 bits per heavy atom. The summed E-state index contributed by atoms with van der Waals surface area (Å²) < 4.78 is 47.8. The molecule has 1 amide bonds. The van der Waals surface area contributed by atoms with E-state index in [4.69, 9.17) is 9.47 Å². The van der Waals surface area contributed by atoms with Gasteiger partial charge in [0.25, 0.3) is 0 Å². The van der Waals surface area contributed by atoms with Gasteiger partial charge in [0.15, 0.2) is 6.29 Å². The number of aliphatic hydroxyl groups is 4. The molecular formula is C57H107NO11S. The lowest BCUT2D eigenvalue weighted by atomic mass is 9.99. The van der Waals surface area contributed by atoms with Crippen LogP contribution in [0.5, 0.6) is 0 Å². The molecular weight excluding hydrogens is 907 g/mol. The summed E-state index contributed by atoms with van der Waals surface area (Å²) in [6.07, 6.45) is 50.4. The Kier molecular flexibility index (Phi) is 44.6. The summed E-state index contributed by atoms with van der Waals surface area (Å²) in [6.45, 7) is 3.42. The maximum Gasteiger partial charge on any atom is 0.397 e. The Morgan fingerprint density at radius 1 is 0.571 bits per heavy atom. The van der Waals surface area contributed by atoms with Crippen molar-refractivity contribution in [3.8, 4) is 0 Å². The van der Waals surface area contributed by atoms with Crippen LogP contribution in [0.1, 0.15) is 264 Å². The fraction of sp³-hybridized carbons (Fsp3) is 0.877. The summed E-state index contributed by atoms with van der Waals surface area (Å²) in [4.78, 5) is 13.1. The number of ether oxygens (including phenoxy) is 2. The van der Waals surface area contributed by atoms with E-state index in [-0.39, 0.29) is 18.9 Å². The molecule has 12 nitrogen and oxygen atoms in total. The van der Waals surface area contributed by atoms with E-state index in [2.05, 4.69) is 47.7 Å². The molecule has 1 saturated heterocycles. The highest BCUT2D eigenvalue weighted by Crippen LogP contribution is 2.26. The number of hydrogen-bond acceptors (Lipinski definition) is 10. The Bertz CT molecular complexity index is 1380. The normalized spacial score (nSPS) is 19.8. The number of hydrogen-bond donors (Lipinski definition) is 6. The first-order valence-corrected chi connectivity index (χ1v) is 30.2. The van der Waals surface area contributed by atoms with Crippen molar-refractivity contribution in [3.63, 3.8) is 0 Å². The minimum Gasteiger partial charge on any atom is -0.394 e. The Hall–Kier alpha value is -1.68. The van der Waals surface area contributed by atoms with Crippen molar-refractivity contribution in [1.29, 1.82) is 0 Å². The summed E-state index contributed by atoms with van der Waals surface area (Å²) in [6, 6.07) is -0.945. The summed E-state index contributed by atoms with van der Waals surface area (Å²) in [5.41, 5.74) is 0. The number of allylic oxidation sites excluding steroid dienone is 5. The van der Waals surface area contributed by atoms with Crippen molar-refractivity contribution in [2.24, 2.45) is 0 Å². The molecule has 0 radical (unpaired) electrons. The highest BCUT2D eigenvalue weighted by atomic mass is 32.3. The molecule has 412 valence electrons. The monoisotopic (exact) mass is 1010 g/mol. The van der Waals surface area contributed by atoms with Gasteiger partial charge < -0.3 is 35.2 Å². The molecule has 0 aromatic heterocycles. The van der Waals surface area contributed by atoms with Gasteiger partial charge in [-0.1, -0.05) is 243 Å². The van der Waals surface area contributed by atoms with E-state index in [9.17, 15) is 38.2 Å².